The molecule has 0 spiro atoms. The van der Waals surface area contributed by atoms with E-state index >= 15 is 0 Å². The van der Waals surface area contributed by atoms with Crippen LogP contribution in [0.25, 0.3) is 0 Å². The Balaban J connectivity index is 1.86. The van der Waals surface area contributed by atoms with Crippen molar-refractivity contribution in [1.29, 1.82) is 0 Å². The summed E-state index contributed by atoms with van der Waals surface area (Å²) in [4.78, 5) is 16.3. The number of rotatable bonds is 7. The van der Waals surface area contributed by atoms with Crippen LogP contribution in [-0.4, -0.2) is 49.4 Å². The molecule has 0 saturated carbocycles. The normalized spacial score (nSPS) is 18.4. The number of carbonyl (C=O) groups is 1. The lowest BCUT2D eigenvalue weighted by Gasteiger charge is -2.33. The molecule has 1 aromatic carbocycles. The molecule has 0 N–H and O–H groups in total. The number of hydrogen-bond donors (Lipinski definition) is 0. The summed E-state index contributed by atoms with van der Waals surface area (Å²) in [6.07, 6.45) is 0.0869. The van der Waals surface area contributed by atoms with Gasteiger partial charge >= 0.3 is 6.18 Å². The van der Waals surface area contributed by atoms with E-state index in [9.17, 15) is 18.0 Å². The molecular formula is C20H29F3N2O. The van der Waals surface area contributed by atoms with E-state index in [-0.39, 0.29) is 11.8 Å². The molecule has 146 valence electrons. The Labute approximate surface area is 154 Å². The Bertz CT molecular complexity index is 587. The second-order valence-corrected chi connectivity index (χ2v) is 7.45. The number of carbonyl (C=O) groups excluding carboxylic acids is 1. The first-order chi connectivity index (χ1) is 12.3. The molecule has 2 rings (SSSR count). The Hall–Kier alpha value is -1.56. The van der Waals surface area contributed by atoms with Crippen LogP contribution in [0.1, 0.15) is 43.2 Å². The number of amides is 1. The third kappa shape index (κ3) is 6.31. The van der Waals surface area contributed by atoms with Gasteiger partial charge in [-0.1, -0.05) is 18.2 Å². The molecule has 0 unspecified atom stereocenters. The maximum Gasteiger partial charge on any atom is 0.416 e. The van der Waals surface area contributed by atoms with Crippen LogP contribution in [0.15, 0.2) is 24.3 Å². The summed E-state index contributed by atoms with van der Waals surface area (Å²) in [6, 6.07) is 5.81. The highest BCUT2D eigenvalue weighted by Gasteiger charge is 2.33. The maximum absolute atomic E-state index is 13.1. The van der Waals surface area contributed by atoms with Gasteiger partial charge in [-0.3, -0.25) is 4.79 Å². The quantitative estimate of drug-likeness (QED) is 0.718. The molecule has 1 aliphatic rings. The average Bonchev–Trinajstić information content (AvgIpc) is 2.59. The minimum absolute atomic E-state index is 0.173. The largest absolute Gasteiger partial charge is 0.416 e. The SMILES string of the molecule is CN(C)CCCC(=O)N1CCC[C@H](CCc2ccccc2C(F)(F)F)C1. The van der Waals surface area contributed by atoms with Gasteiger partial charge in [-0.15, -0.1) is 0 Å². The second kappa shape index (κ2) is 9.40. The monoisotopic (exact) mass is 370 g/mol. The molecule has 1 fully saturated rings. The lowest BCUT2D eigenvalue weighted by Crippen LogP contribution is -2.40. The van der Waals surface area contributed by atoms with E-state index in [0.717, 1.165) is 38.4 Å². The van der Waals surface area contributed by atoms with Gasteiger partial charge in [0.05, 0.1) is 5.56 Å². The summed E-state index contributed by atoms with van der Waals surface area (Å²) in [5, 5.41) is 0. The van der Waals surface area contributed by atoms with Crippen LogP contribution in [0, 0.1) is 5.92 Å². The molecule has 6 heteroatoms. The fourth-order valence-corrected chi connectivity index (χ4v) is 3.61. The van der Waals surface area contributed by atoms with Gasteiger partial charge in [-0.2, -0.15) is 13.2 Å². The van der Waals surface area contributed by atoms with Crippen molar-refractivity contribution in [2.45, 2.75) is 44.7 Å². The van der Waals surface area contributed by atoms with Crippen LogP contribution in [0.3, 0.4) is 0 Å². The van der Waals surface area contributed by atoms with Crippen molar-refractivity contribution in [2.75, 3.05) is 33.7 Å². The summed E-state index contributed by atoms with van der Waals surface area (Å²) in [5.74, 6) is 0.454. The Kier molecular flexibility index (Phi) is 7.50. The van der Waals surface area contributed by atoms with Crippen LogP contribution in [0.4, 0.5) is 13.2 Å². The standard InChI is InChI=1S/C20H29F3N2O/c1-24(2)13-6-10-19(26)25-14-5-7-16(15-25)11-12-17-8-3-4-9-18(17)20(21,22)23/h3-4,8-9,16H,5-7,10-15H2,1-2H3/t16-/m1/s1. The van der Waals surface area contributed by atoms with Gasteiger partial charge in [-0.05, 0) is 70.3 Å². The highest BCUT2D eigenvalue weighted by molar-refractivity contribution is 5.76. The molecular weight excluding hydrogens is 341 g/mol. The molecule has 0 aromatic heterocycles. The lowest BCUT2D eigenvalue weighted by molar-refractivity contribution is -0.138. The zero-order valence-electron chi connectivity index (χ0n) is 15.7. The number of halogens is 3. The van der Waals surface area contributed by atoms with Gasteiger partial charge in [0.25, 0.3) is 0 Å². The third-order valence-electron chi connectivity index (χ3n) is 5.01. The number of benzene rings is 1. The van der Waals surface area contributed by atoms with Crippen LogP contribution >= 0.6 is 0 Å². The molecule has 1 aromatic rings. The lowest BCUT2D eigenvalue weighted by atomic mass is 9.90. The number of nitrogens with zero attached hydrogens (tertiary/aromatic N) is 2. The fourth-order valence-electron chi connectivity index (χ4n) is 3.61. The molecule has 3 nitrogen and oxygen atoms in total. The predicted octanol–water partition coefficient (Wildman–Crippen LogP) is 4.22. The third-order valence-corrected chi connectivity index (χ3v) is 5.01. The highest BCUT2D eigenvalue weighted by Crippen LogP contribution is 2.33. The fraction of sp³-hybridized carbons (Fsp3) is 0.650. The van der Waals surface area contributed by atoms with E-state index in [1.54, 1.807) is 12.1 Å². The first-order valence-corrected chi connectivity index (χ1v) is 9.35. The minimum Gasteiger partial charge on any atom is -0.342 e. The van der Waals surface area contributed by atoms with E-state index < -0.39 is 11.7 Å². The van der Waals surface area contributed by atoms with Gasteiger partial charge in [0, 0.05) is 19.5 Å². The summed E-state index contributed by atoms with van der Waals surface area (Å²) < 4.78 is 39.3. The van der Waals surface area contributed by atoms with Crippen LogP contribution in [-0.2, 0) is 17.4 Å². The van der Waals surface area contributed by atoms with Gasteiger partial charge in [0.1, 0.15) is 0 Å². The number of piperidine rings is 1. The highest BCUT2D eigenvalue weighted by atomic mass is 19.4. The van der Waals surface area contributed by atoms with E-state index in [1.807, 2.05) is 19.0 Å². The molecule has 0 aliphatic carbocycles. The molecule has 1 aliphatic heterocycles. The van der Waals surface area contributed by atoms with Crippen molar-refractivity contribution in [3.63, 3.8) is 0 Å². The van der Waals surface area contributed by atoms with Crippen molar-refractivity contribution in [1.82, 2.24) is 9.80 Å². The smallest absolute Gasteiger partial charge is 0.342 e. The van der Waals surface area contributed by atoms with Crippen LogP contribution < -0.4 is 0 Å². The van der Waals surface area contributed by atoms with Crippen molar-refractivity contribution >= 4 is 5.91 Å². The Morgan fingerprint density at radius 2 is 2.00 bits per heavy atom. The number of likely N-dealkylation sites (tertiary alicyclic amines) is 1. The van der Waals surface area contributed by atoms with E-state index in [2.05, 4.69) is 4.90 Å². The minimum atomic E-state index is -4.31. The van der Waals surface area contributed by atoms with Crippen molar-refractivity contribution in [2.24, 2.45) is 5.92 Å². The van der Waals surface area contributed by atoms with Crippen molar-refractivity contribution < 1.29 is 18.0 Å². The molecule has 0 radical (unpaired) electrons. The number of alkyl halides is 3. The van der Waals surface area contributed by atoms with E-state index in [0.29, 0.717) is 31.4 Å². The van der Waals surface area contributed by atoms with Crippen LogP contribution in [0.5, 0.6) is 0 Å². The molecule has 1 heterocycles. The van der Waals surface area contributed by atoms with E-state index in [4.69, 9.17) is 0 Å². The van der Waals surface area contributed by atoms with Crippen LogP contribution in [0.2, 0.25) is 0 Å². The Morgan fingerprint density at radius 3 is 2.69 bits per heavy atom. The summed E-state index contributed by atoms with van der Waals surface area (Å²) >= 11 is 0. The molecule has 26 heavy (non-hydrogen) atoms. The van der Waals surface area contributed by atoms with E-state index in [1.165, 1.54) is 6.07 Å². The first-order valence-electron chi connectivity index (χ1n) is 9.35. The van der Waals surface area contributed by atoms with Crippen molar-refractivity contribution in [3.8, 4) is 0 Å². The van der Waals surface area contributed by atoms with Crippen molar-refractivity contribution in [3.05, 3.63) is 35.4 Å². The van der Waals surface area contributed by atoms with Gasteiger partial charge < -0.3 is 9.80 Å². The van der Waals surface area contributed by atoms with Gasteiger partial charge in [0.2, 0.25) is 5.91 Å². The average molecular weight is 370 g/mol. The zero-order valence-corrected chi connectivity index (χ0v) is 15.7. The predicted molar refractivity (Wildman–Crippen MR) is 96.9 cm³/mol. The van der Waals surface area contributed by atoms with Gasteiger partial charge in [0.15, 0.2) is 0 Å². The second-order valence-electron chi connectivity index (χ2n) is 7.45. The zero-order chi connectivity index (χ0) is 19.2. The molecule has 1 saturated heterocycles. The summed E-state index contributed by atoms with van der Waals surface area (Å²) in [5.41, 5.74) is -0.179. The number of hydrogen-bond acceptors (Lipinski definition) is 2. The van der Waals surface area contributed by atoms with Gasteiger partial charge in [-0.25, -0.2) is 0 Å². The summed E-state index contributed by atoms with van der Waals surface area (Å²) in [7, 11) is 3.97. The number of aryl methyl sites for hydroxylation is 1. The Morgan fingerprint density at radius 1 is 1.27 bits per heavy atom. The first kappa shape index (κ1) is 20.7. The topological polar surface area (TPSA) is 23.6 Å². The molecule has 0 bridgehead atoms. The molecule has 1 amide bonds. The maximum atomic E-state index is 13.1. The summed E-state index contributed by atoms with van der Waals surface area (Å²) in [6.45, 7) is 2.34. The molecule has 1 atom stereocenters.